The number of oxazole rings is 1. The third-order valence-corrected chi connectivity index (χ3v) is 3.96. The van der Waals surface area contributed by atoms with Crippen molar-refractivity contribution in [3.8, 4) is 11.5 Å². The van der Waals surface area contributed by atoms with Crippen LogP contribution in [0.3, 0.4) is 0 Å². The fraction of sp³-hybridized carbons (Fsp3) is 0.438. The van der Waals surface area contributed by atoms with Crippen LogP contribution in [0.4, 0.5) is 5.69 Å². The molecule has 5 nitrogen and oxygen atoms in total. The second kappa shape index (κ2) is 6.74. The van der Waals surface area contributed by atoms with Crippen molar-refractivity contribution in [3.63, 3.8) is 0 Å². The standard InChI is InChI=1S/C16H22N4O/c17-6-3-8-19-9-11-20(12-10-19)15-5-2-1-4-14(15)16-18-7-13-21-16/h1-2,4-5,7,13H,3,6,8-12,17H2. The van der Waals surface area contributed by atoms with Crippen LogP contribution in [0.25, 0.3) is 11.5 Å². The summed E-state index contributed by atoms with van der Waals surface area (Å²) in [5.74, 6) is 0.691. The van der Waals surface area contributed by atoms with Crippen LogP contribution < -0.4 is 10.6 Å². The summed E-state index contributed by atoms with van der Waals surface area (Å²) in [5.41, 5.74) is 7.86. The maximum absolute atomic E-state index is 5.58. The van der Waals surface area contributed by atoms with E-state index in [1.165, 1.54) is 5.69 Å². The molecule has 0 bridgehead atoms. The maximum atomic E-state index is 5.58. The van der Waals surface area contributed by atoms with Gasteiger partial charge in [-0.2, -0.15) is 0 Å². The Morgan fingerprint density at radius 3 is 2.67 bits per heavy atom. The molecule has 1 aromatic carbocycles. The summed E-state index contributed by atoms with van der Waals surface area (Å²) >= 11 is 0. The van der Waals surface area contributed by atoms with E-state index in [0.29, 0.717) is 5.89 Å². The normalized spacial score (nSPS) is 16.3. The lowest BCUT2D eigenvalue weighted by Crippen LogP contribution is -2.47. The van der Waals surface area contributed by atoms with Crippen molar-refractivity contribution in [3.05, 3.63) is 36.7 Å². The highest BCUT2D eigenvalue weighted by Gasteiger charge is 2.20. The van der Waals surface area contributed by atoms with Crippen molar-refractivity contribution in [1.29, 1.82) is 0 Å². The number of nitrogens with zero attached hydrogens (tertiary/aromatic N) is 3. The number of nitrogens with two attached hydrogens (primary N) is 1. The Labute approximate surface area is 125 Å². The van der Waals surface area contributed by atoms with Gasteiger partial charge < -0.3 is 15.1 Å². The summed E-state index contributed by atoms with van der Waals surface area (Å²) in [6.07, 6.45) is 4.39. The Hall–Kier alpha value is -1.85. The highest BCUT2D eigenvalue weighted by atomic mass is 16.3. The van der Waals surface area contributed by atoms with Crippen molar-refractivity contribution >= 4 is 5.69 Å². The molecule has 2 N–H and O–H groups in total. The number of benzene rings is 1. The number of anilines is 1. The van der Waals surface area contributed by atoms with Crippen LogP contribution in [0.5, 0.6) is 0 Å². The molecule has 0 atom stereocenters. The lowest BCUT2D eigenvalue weighted by Gasteiger charge is -2.36. The lowest BCUT2D eigenvalue weighted by atomic mass is 10.1. The van der Waals surface area contributed by atoms with Gasteiger partial charge in [0.25, 0.3) is 0 Å². The number of hydrogen-bond donors (Lipinski definition) is 1. The van der Waals surface area contributed by atoms with E-state index in [2.05, 4.69) is 33.0 Å². The molecule has 0 aliphatic carbocycles. The molecule has 2 aromatic rings. The third kappa shape index (κ3) is 3.25. The van der Waals surface area contributed by atoms with Crippen LogP contribution >= 0.6 is 0 Å². The third-order valence-electron chi connectivity index (χ3n) is 3.96. The molecule has 3 rings (SSSR count). The van der Waals surface area contributed by atoms with E-state index in [0.717, 1.165) is 51.3 Å². The summed E-state index contributed by atoms with van der Waals surface area (Å²) < 4.78 is 5.46. The summed E-state index contributed by atoms with van der Waals surface area (Å²) in [6, 6.07) is 8.32. The molecule has 0 radical (unpaired) electrons. The first kappa shape index (κ1) is 14.1. The first-order chi connectivity index (χ1) is 10.4. The van der Waals surface area contributed by atoms with Crippen molar-refractivity contribution in [1.82, 2.24) is 9.88 Å². The Morgan fingerprint density at radius 2 is 1.95 bits per heavy atom. The molecular formula is C16H22N4O. The molecule has 0 unspecified atom stereocenters. The van der Waals surface area contributed by atoms with Gasteiger partial charge in [-0.3, -0.25) is 4.90 Å². The van der Waals surface area contributed by atoms with Gasteiger partial charge in [0, 0.05) is 31.9 Å². The molecule has 1 aliphatic rings. The van der Waals surface area contributed by atoms with Gasteiger partial charge in [-0.15, -0.1) is 0 Å². The van der Waals surface area contributed by atoms with Crippen LogP contribution in [0.1, 0.15) is 6.42 Å². The molecule has 0 amide bonds. The summed E-state index contributed by atoms with van der Waals surface area (Å²) in [6.45, 7) is 6.10. The monoisotopic (exact) mass is 286 g/mol. The van der Waals surface area contributed by atoms with E-state index in [-0.39, 0.29) is 0 Å². The van der Waals surface area contributed by atoms with Crippen molar-refractivity contribution in [2.75, 3.05) is 44.2 Å². The quantitative estimate of drug-likeness (QED) is 0.908. The van der Waals surface area contributed by atoms with Gasteiger partial charge >= 0.3 is 0 Å². The Balaban J connectivity index is 1.71. The molecule has 0 saturated carbocycles. The Kier molecular flexibility index (Phi) is 4.52. The number of piperazine rings is 1. The van der Waals surface area contributed by atoms with E-state index < -0.39 is 0 Å². The van der Waals surface area contributed by atoms with Crippen LogP contribution in [0.15, 0.2) is 41.1 Å². The van der Waals surface area contributed by atoms with E-state index in [4.69, 9.17) is 10.2 Å². The number of aromatic nitrogens is 1. The zero-order valence-corrected chi connectivity index (χ0v) is 12.2. The molecule has 21 heavy (non-hydrogen) atoms. The van der Waals surface area contributed by atoms with Gasteiger partial charge in [-0.1, -0.05) is 12.1 Å². The average molecular weight is 286 g/mol. The molecule has 0 spiro atoms. The second-order valence-electron chi connectivity index (χ2n) is 5.33. The largest absolute Gasteiger partial charge is 0.444 e. The van der Waals surface area contributed by atoms with Crippen molar-refractivity contribution < 1.29 is 4.42 Å². The first-order valence-electron chi connectivity index (χ1n) is 7.55. The minimum atomic E-state index is 0.691. The highest BCUT2D eigenvalue weighted by molar-refractivity contribution is 5.73. The van der Waals surface area contributed by atoms with Crippen LogP contribution in [-0.2, 0) is 0 Å². The minimum Gasteiger partial charge on any atom is -0.444 e. The average Bonchev–Trinajstić information content (AvgIpc) is 3.08. The van der Waals surface area contributed by atoms with Crippen molar-refractivity contribution in [2.45, 2.75) is 6.42 Å². The second-order valence-corrected chi connectivity index (χ2v) is 5.33. The zero-order valence-electron chi connectivity index (χ0n) is 12.2. The first-order valence-corrected chi connectivity index (χ1v) is 7.55. The fourth-order valence-electron chi connectivity index (χ4n) is 2.81. The van der Waals surface area contributed by atoms with E-state index in [1.54, 1.807) is 12.5 Å². The molecule has 5 heteroatoms. The topological polar surface area (TPSA) is 58.5 Å². The molecule has 1 aromatic heterocycles. The zero-order chi connectivity index (χ0) is 14.5. The van der Waals surface area contributed by atoms with Crippen LogP contribution in [0, 0.1) is 0 Å². The molecule has 112 valence electrons. The summed E-state index contributed by atoms with van der Waals surface area (Å²) in [7, 11) is 0. The number of hydrogen-bond acceptors (Lipinski definition) is 5. The molecule has 2 heterocycles. The van der Waals surface area contributed by atoms with Crippen LogP contribution in [0.2, 0.25) is 0 Å². The number of rotatable bonds is 5. The molecule has 1 saturated heterocycles. The molecule has 1 fully saturated rings. The van der Waals surface area contributed by atoms with Gasteiger partial charge in [0.15, 0.2) is 0 Å². The van der Waals surface area contributed by atoms with Crippen molar-refractivity contribution in [2.24, 2.45) is 5.73 Å². The maximum Gasteiger partial charge on any atom is 0.227 e. The Bertz CT molecular complexity index is 547. The predicted molar refractivity (Wildman–Crippen MR) is 84.3 cm³/mol. The number of para-hydroxylation sites is 1. The van der Waals surface area contributed by atoms with Gasteiger partial charge in [0.2, 0.25) is 5.89 Å². The van der Waals surface area contributed by atoms with Crippen LogP contribution in [-0.4, -0.2) is 49.2 Å². The van der Waals surface area contributed by atoms with Gasteiger partial charge in [-0.05, 0) is 31.6 Å². The van der Waals surface area contributed by atoms with E-state index >= 15 is 0 Å². The molecular weight excluding hydrogens is 264 g/mol. The summed E-state index contributed by atoms with van der Waals surface area (Å²) in [5, 5.41) is 0. The van der Waals surface area contributed by atoms with Gasteiger partial charge in [0.05, 0.1) is 11.8 Å². The minimum absolute atomic E-state index is 0.691. The van der Waals surface area contributed by atoms with E-state index in [9.17, 15) is 0 Å². The van der Waals surface area contributed by atoms with E-state index in [1.807, 2.05) is 6.07 Å². The SMILES string of the molecule is NCCCN1CCN(c2ccccc2-c2ncco2)CC1. The van der Waals surface area contributed by atoms with Gasteiger partial charge in [-0.25, -0.2) is 4.98 Å². The Morgan fingerprint density at radius 1 is 1.14 bits per heavy atom. The molecule has 1 aliphatic heterocycles. The smallest absolute Gasteiger partial charge is 0.227 e. The highest BCUT2D eigenvalue weighted by Crippen LogP contribution is 2.30. The lowest BCUT2D eigenvalue weighted by molar-refractivity contribution is 0.256. The summed E-state index contributed by atoms with van der Waals surface area (Å²) in [4.78, 5) is 9.18. The predicted octanol–water partition coefficient (Wildman–Crippen LogP) is 1.81. The fourth-order valence-corrected chi connectivity index (χ4v) is 2.81. The van der Waals surface area contributed by atoms with Gasteiger partial charge in [0.1, 0.15) is 6.26 Å².